The third kappa shape index (κ3) is 2.82. The fourth-order valence-electron chi connectivity index (χ4n) is 3.08. The lowest BCUT2D eigenvalue weighted by Gasteiger charge is -2.23. The Morgan fingerprint density at radius 2 is 1.78 bits per heavy atom. The second-order valence-corrected chi connectivity index (χ2v) is 5.46. The van der Waals surface area contributed by atoms with Crippen LogP contribution < -0.4 is 0 Å². The maximum absolute atomic E-state index is 5.78. The molecule has 2 rings (SSSR count). The van der Waals surface area contributed by atoms with Crippen molar-refractivity contribution in [2.24, 2.45) is 0 Å². The van der Waals surface area contributed by atoms with Crippen LogP contribution in [-0.2, 0) is 12.8 Å². The van der Waals surface area contributed by atoms with Crippen LogP contribution in [0.2, 0.25) is 0 Å². The second-order valence-electron chi connectivity index (χ2n) is 5.46. The van der Waals surface area contributed by atoms with E-state index in [4.69, 9.17) is 25.7 Å². The molecule has 0 atom stereocenters. The van der Waals surface area contributed by atoms with Crippen molar-refractivity contribution in [1.82, 2.24) is 0 Å². The molecule has 0 saturated heterocycles. The normalized spacial score (nSPS) is 13.0. The van der Waals surface area contributed by atoms with Crippen molar-refractivity contribution in [3.05, 3.63) is 44.5 Å². The Balaban J connectivity index is 2.97. The molecule has 0 aromatic heterocycles. The van der Waals surface area contributed by atoms with Crippen LogP contribution in [0.5, 0.6) is 0 Å². The maximum Gasteiger partial charge on any atom is 0.0480 e. The first-order chi connectivity index (χ1) is 11.1. The van der Waals surface area contributed by atoms with Crippen LogP contribution in [0.4, 0.5) is 0 Å². The van der Waals surface area contributed by atoms with Gasteiger partial charge in [0.2, 0.25) is 0 Å². The SMILES string of the molecule is C#CC1=Cc2c(C#C)c(C#C)c(/C=C(\C)C#C)c(CC)c2CC1. The van der Waals surface area contributed by atoms with Gasteiger partial charge in [0, 0.05) is 16.7 Å². The minimum absolute atomic E-state index is 0.729. The molecule has 0 spiro atoms. The van der Waals surface area contributed by atoms with Crippen LogP contribution in [0, 0.1) is 49.4 Å². The van der Waals surface area contributed by atoms with Gasteiger partial charge in [-0.05, 0) is 66.2 Å². The standard InChI is InChI=1S/C23H18/c1-7-16(6)14-22-18(9-3)19(10-4)23-15-17(8-2)12-13-21(23)20(22)11-5/h1-4,14-15H,11-13H2,5-6H3/b16-14+. The van der Waals surface area contributed by atoms with Gasteiger partial charge in [-0.1, -0.05) is 30.6 Å². The lowest BCUT2D eigenvalue weighted by molar-refractivity contribution is 0.921. The molecule has 0 nitrogen and oxygen atoms in total. The van der Waals surface area contributed by atoms with Crippen molar-refractivity contribution in [1.29, 1.82) is 0 Å². The summed E-state index contributed by atoms with van der Waals surface area (Å²) in [5, 5.41) is 0. The molecule has 0 radical (unpaired) electrons. The van der Waals surface area contributed by atoms with E-state index in [0.29, 0.717) is 0 Å². The van der Waals surface area contributed by atoms with E-state index in [1.165, 1.54) is 11.1 Å². The van der Waals surface area contributed by atoms with Crippen molar-refractivity contribution in [2.45, 2.75) is 33.1 Å². The molecule has 1 aromatic carbocycles. The molecular formula is C23H18. The molecule has 110 valence electrons. The van der Waals surface area contributed by atoms with Crippen LogP contribution in [0.25, 0.3) is 12.2 Å². The molecule has 0 heterocycles. The number of terminal acetylenes is 4. The number of benzene rings is 1. The van der Waals surface area contributed by atoms with Crippen molar-refractivity contribution >= 4 is 12.2 Å². The largest absolute Gasteiger partial charge is 0.115 e. The number of fused-ring (bicyclic) bond motifs is 1. The quantitative estimate of drug-likeness (QED) is 0.717. The molecule has 0 unspecified atom stereocenters. The van der Waals surface area contributed by atoms with E-state index in [-0.39, 0.29) is 0 Å². The molecule has 1 aliphatic rings. The van der Waals surface area contributed by atoms with E-state index >= 15 is 0 Å². The molecule has 1 aromatic rings. The van der Waals surface area contributed by atoms with Crippen molar-refractivity contribution in [3.63, 3.8) is 0 Å². The van der Waals surface area contributed by atoms with Gasteiger partial charge in [0.05, 0.1) is 0 Å². The summed E-state index contributed by atoms with van der Waals surface area (Å²) in [6.07, 6.45) is 29.2. The minimum Gasteiger partial charge on any atom is -0.115 e. The molecule has 1 aliphatic carbocycles. The van der Waals surface area contributed by atoms with E-state index in [1.807, 2.05) is 19.1 Å². The van der Waals surface area contributed by atoms with Crippen LogP contribution in [0.15, 0.2) is 11.1 Å². The number of hydrogen-bond acceptors (Lipinski definition) is 0. The van der Waals surface area contributed by atoms with Crippen molar-refractivity contribution < 1.29 is 0 Å². The summed E-state index contributed by atoms with van der Waals surface area (Å²) >= 11 is 0. The third-order valence-corrected chi connectivity index (χ3v) is 4.18. The van der Waals surface area contributed by atoms with Gasteiger partial charge in [-0.2, -0.15) is 0 Å². The zero-order valence-electron chi connectivity index (χ0n) is 13.6. The molecular weight excluding hydrogens is 276 g/mol. The smallest absolute Gasteiger partial charge is 0.0480 e. The fourth-order valence-corrected chi connectivity index (χ4v) is 3.08. The van der Waals surface area contributed by atoms with Gasteiger partial charge in [-0.15, -0.1) is 25.7 Å². The van der Waals surface area contributed by atoms with Gasteiger partial charge in [0.1, 0.15) is 0 Å². The highest BCUT2D eigenvalue weighted by molar-refractivity contribution is 5.80. The average molecular weight is 294 g/mol. The van der Waals surface area contributed by atoms with Crippen LogP contribution >= 0.6 is 0 Å². The lowest BCUT2D eigenvalue weighted by atomic mass is 9.80. The Morgan fingerprint density at radius 3 is 2.30 bits per heavy atom. The van der Waals surface area contributed by atoms with Gasteiger partial charge in [-0.3, -0.25) is 0 Å². The van der Waals surface area contributed by atoms with Crippen LogP contribution in [-0.4, -0.2) is 0 Å². The highest BCUT2D eigenvalue weighted by atomic mass is 14.2. The Bertz CT molecular complexity index is 888. The molecule has 23 heavy (non-hydrogen) atoms. The lowest BCUT2D eigenvalue weighted by Crippen LogP contribution is -2.10. The van der Waals surface area contributed by atoms with Crippen LogP contribution in [0.1, 0.15) is 53.6 Å². The third-order valence-electron chi connectivity index (χ3n) is 4.18. The summed E-state index contributed by atoms with van der Waals surface area (Å²) in [5.41, 5.74) is 7.71. The predicted octanol–water partition coefficient (Wildman–Crippen LogP) is 4.21. The van der Waals surface area contributed by atoms with E-state index in [1.54, 1.807) is 0 Å². The summed E-state index contributed by atoms with van der Waals surface area (Å²) < 4.78 is 0. The summed E-state index contributed by atoms with van der Waals surface area (Å²) in [7, 11) is 0. The Labute approximate surface area is 139 Å². The maximum atomic E-state index is 5.78. The molecule has 0 amide bonds. The van der Waals surface area contributed by atoms with E-state index in [9.17, 15) is 0 Å². The molecule has 0 fully saturated rings. The van der Waals surface area contributed by atoms with Gasteiger partial charge in [-0.25, -0.2) is 0 Å². The highest BCUT2D eigenvalue weighted by Crippen LogP contribution is 2.35. The summed E-state index contributed by atoms with van der Waals surface area (Å²) in [6.45, 7) is 4.01. The summed E-state index contributed by atoms with van der Waals surface area (Å²) in [4.78, 5) is 0. The predicted molar refractivity (Wildman–Crippen MR) is 99.3 cm³/mol. The van der Waals surface area contributed by atoms with E-state index in [0.717, 1.165) is 52.7 Å². The Morgan fingerprint density at radius 1 is 1.09 bits per heavy atom. The average Bonchev–Trinajstić information content (AvgIpc) is 2.59. The van der Waals surface area contributed by atoms with Gasteiger partial charge in [0.15, 0.2) is 0 Å². The highest BCUT2D eigenvalue weighted by Gasteiger charge is 2.22. The molecule has 0 heteroatoms. The molecule has 0 N–H and O–H groups in total. The van der Waals surface area contributed by atoms with Crippen LogP contribution in [0.3, 0.4) is 0 Å². The van der Waals surface area contributed by atoms with Gasteiger partial charge in [0.25, 0.3) is 0 Å². The molecule has 0 bridgehead atoms. The fraction of sp³-hybridized carbons (Fsp3) is 0.217. The van der Waals surface area contributed by atoms with E-state index in [2.05, 4.69) is 30.6 Å². The number of allylic oxidation sites excluding steroid dienone is 2. The van der Waals surface area contributed by atoms with Gasteiger partial charge < -0.3 is 0 Å². The number of rotatable bonds is 2. The van der Waals surface area contributed by atoms with Crippen molar-refractivity contribution in [3.8, 4) is 49.4 Å². The van der Waals surface area contributed by atoms with Crippen molar-refractivity contribution in [2.75, 3.05) is 0 Å². The second kappa shape index (κ2) is 6.80. The van der Waals surface area contributed by atoms with E-state index < -0.39 is 0 Å². The first-order valence-corrected chi connectivity index (χ1v) is 7.58. The first kappa shape index (κ1) is 16.3. The summed E-state index contributed by atoms with van der Waals surface area (Å²) in [6, 6.07) is 0. The monoisotopic (exact) mass is 294 g/mol. The zero-order chi connectivity index (χ0) is 17.0. The first-order valence-electron chi connectivity index (χ1n) is 7.58. The number of hydrogen-bond donors (Lipinski definition) is 0. The van der Waals surface area contributed by atoms with Gasteiger partial charge >= 0.3 is 0 Å². The molecule has 0 aliphatic heterocycles. The molecule has 0 saturated carbocycles. The summed E-state index contributed by atoms with van der Waals surface area (Å²) in [5.74, 6) is 10.9. The Hall–Kier alpha value is -3.06. The topological polar surface area (TPSA) is 0 Å². The Kier molecular flexibility index (Phi) is 4.82. The minimum atomic E-state index is 0.729. The zero-order valence-corrected chi connectivity index (χ0v) is 13.6.